The van der Waals surface area contributed by atoms with Gasteiger partial charge in [0, 0.05) is 5.56 Å². The molecule has 0 spiro atoms. The van der Waals surface area contributed by atoms with E-state index in [0.717, 1.165) is 21.9 Å². The number of ketones is 1. The highest BCUT2D eigenvalue weighted by molar-refractivity contribution is 9.09. The van der Waals surface area contributed by atoms with Crippen molar-refractivity contribution < 1.29 is 4.79 Å². The first-order valence-corrected chi connectivity index (χ1v) is 6.35. The summed E-state index contributed by atoms with van der Waals surface area (Å²) in [6.45, 7) is 4.04. The Hall–Kier alpha value is -1.15. The fourth-order valence-electron chi connectivity index (χ4n) is 2.00. The van der Waals surface area contributed by atoms with Crippen LogP contribution in [0.15, 0.2) is 30.3 Å². The molecule has 0 fully saturated rings. The van der Waals surface area contributed by atoms with Gasteiger partial charge in [0.2, 0.25) is 0 Å². The first kappa shape index (κ1) is 11.3. The maximum absolute atomic E-state index is 11.9. The van der Waals surface area contributed by atoms with Gasteiger partial charge in [-0.25, -0.2) is 0 Å². The van der Waals surface area contributed by atoms with Crippen molar-refractivity contribution in [1.82, 2.24) is 0 Å². The predicted molar refractivity (Wildman–Crippen MR) is 71.5 cm³/mol. The van der Waals surface area contributed by atoms with E-state index in [-0.39, 0.29) is 5.78 Å². The van der Waals surface area contributed by atoms with E-state index in [2.05, 4.69) is 35.0 Å². The quantitative estimate of drug-likeness (QED) is 0.598. The Bertz CT molecular complexity index is 558. The van der Waals surface area contributed by atoms with Crippen LogP contribution in [0.3, 0.4) is 0 Å². The van der Waals surface area contributed by atoms with Crippen LogP contribution in [-0.2, 0) is 0 Å². The summed E-state index contributed by atoms with van der Waals surface area (Å²) in [4.78, 5) is 11.9. The molecule has 0 atom stereocenters. The van der Waals surface area contributed by atoms with Gasteiger partial charge in [-0.15, -0.1) is 0 Å². The molecule has 2 aromatic rings. The third-order valence-electron chi connectivity index (χ3n) is 2.78. The zero-order valence-corrected chi connectivity index (χ0v) is 11.0. The van der Waals surface area contributed by atoms with Gasteiger partial charge in [-0.1, -0.05) is 51.8 Å². The first-order valence-electron chi connectivity index (χ1n) is 5.22. The van der Waals surface area contributed by atoms with Crippen LogP contribution in [-0.4, -0.2) is 11.1 Å². The van der Waals surface area contributed by atoms with Crippen LogP contribution in [0.4, 0.5) is 0 Å². The average Bonchev–Trinajstić information content (AvgIpc) is 2.28. The fraction of sp³-hybridized carbons (Fsp3) is 0.214. The van der Waals surface area contributed by atoms with Crippen molar-refractivity contribution in [1.29, 1.82) is 0 Å². The molecule has 16 heavy (non-hydrogen) atoms. The zero-order valence-electron chi connectivity index (χ0n) is 9.38. The van der Waals surface area contributed by atoms with Crippen molar-refractivity contribution in [2.75, 3.05) is 5.33 Å². The van der Waals surface area contributed by atoms with Crippen LogP contribution in [0.2, 0.25) is 0 Å². The highest BCUT2D eigenvalue weighted by Gasteiger charge is 2.11. The Labute approximate surface area is 104 Å². The Morgan fingerprint density at radius 3 is 2.62 bits per heavy atom. The number of hydrogen-bond acceptors (Lipinski definition) is 1. The summed E-state index contributed by atoms with van der Waals surface area (Å²) in [5, 5.41) is 2.56. The van der Waals surface area contributed by atoms with Crippen LogP contribution >= 0.6 is 15.9 Å². The molecule has 1 nitrogen and oxygen atoms in total. The lowest BCUT2D eigenvalue weighted by molar-refractivity contribution is 0.102. The van der Waals surface area contributed by atoms with Crippen LogP contribution in [0, 0.1) is 13.8 Å². The summed E-state index contributed by atoms with van der Waals surface area (Å²) >= 11 is 3.24. The molecule has 0 saturated heterocycles. The first-order chi connectivity index (χ1) is 7.63. The molecule has 2 heteroatoms. The SMILES string of the molecule is Cc1ccc2c(C(=O)CBr)c(C)ccc2c1. The Morgan fingerprint density at radius 2 is 1.94 bits per heavy atom. The van der Waals surface area contributed by atoms with Crippen molar-refractivity contribution in [3.8, 4) is 0 Å². The van der Waals surface area contributed by atoms with E-state index in [9.17, 15) is 4.79 Å². The Morgan fingerprint density at radius 1 is 1.19 bits per heavy atom. The minimum Gasteiger partial charge on any atom is -0.293 e. The second kappa shape index (κ2) is 4.38. The molecule has 0 radical (unpaired) electrons. The van der Waals surface area contributed by atoms with E-state index in [4.69, 9.17) is 0 Å². The number of halogens is 1. The second-order valence-electron chi connectivity index (χ2n) is 4.04. The number of carbonyl (C=O) groups excluding carboxylic acids is 1. The number of aryl methyl sites for hydroxylation is 2. The number of fused-ring (bicyclic) bond motifs is 1. The third-order valence-corrected chi connectivity index (χ3v) is 3.29. The van der Waals surface area contributed by atoms with Crippen LogP contribution in [0.1, 0.15) is 21.5 Å². The third kappa shape index (κ3) is 1.90. The lowest BCUT2D eigenvalue weighted by Crippen LogP contribution is -2.03. The van der Waals surface area contributed by atoms with Gasteiger partial charge < -0.3 is 0 Å². The smallest absolute Gasteiger partial charge is 0.174 e. The van der Waals surface area contributed by atoms with Crippen LogP contribution in [0.25, 0.3) is 10.8 Å². The van der Waals surface area contributed by atoms with Crippen molar-refractivity contribution in [2.45, 2.75) is 13.8 Å². The van der Waals surface area contributed by atoms with Gasteiger partial charge in [0.15, 0.2) is 5.78 Å². The lowest BCUT2D eigenvalue weighted by Gasteiger charge is -2.08. The molecule has 0 bridgehead atoms. The Balaban J connectivity index is 2.79. The van der Waals surface area contributed by atoms with Crippen LogP contribution < -0.4 is 0 Å². The lowest BCUT2D eigenvalue weighted by atomic mass is 9.96. The van der Waals surface area contributed by atoms with Crippen LogP contribution in [0.5, 0.6) is 0 Å². The van der Waals surface area contributed by atoms with Gasteiger partial charge in [0.25, 0.3) is 0 Å². The zero-order chi connectivity index (χ0) is 11.7. The van der Waals surface area contributed by atoms with Crippen molar-refractivity contribution >= 4 is 32.5 Å². The maximum atomic E-state index is 11.9. The van der Waals surface area contributed by atoms with E-state index >= 15 is 0 Å². The maximum Gasteiger partial charge on any atom is 0.174 e. The summed E-state index contributed by atoms with van der Waals surface area (Å²) in [7, 11) is 0. The van der Waals surface area contributed by atoms with Crippen molar-refractivity contribution in [3.05, 3.63) is 47.0 Å². The highest BCUT2D eigenvalue weighted by Crippen LogP contribution is 2.24. The summed E-state index contributed by atoms with van der Waals surface area (Å²) in [5.74, 6) is 0.145. The summed E-state index contributed by atoms with van der Waals surface area (Å²) in [5.41, 5.74) is 3.10. The van der Waals surface area contributed by atoms with Crippen molar-refractivity contribution in [3.63, 3.8) is 0 Å². The van der Waals surface area contributed by atoms with Gasteiger partial charge >= 0.3 is 0 Å². The molecule has 0 amide bonds. The molecule has 0 aliphatic rings. The van der Waals surface area contributed by atoms with E-state index in [1.165, 1.54) is 5.56 Å². The minimum atomic E-state index is 0.145. The van der Waals surface area contributed by atoms with Gasteiger partial charge in [-0.2, -0.15) is 0 Å². The number of hydrogen-bond donors (Lipinski definition) is 0. The molecule has 0 aliphatic carbocycles. The monoisotopic (exact) mass is 276 g/mol. The van der Waals surface area contributed by atoms with Gasteiger partial charge in [-0.3, -0.25) is 4.79 Å². The average molecular weight is 277 g/mol. The molecule has 0 N–H and O–H groups in total. The van der Waals surface area contributed by atoms with E-state index in [1.807, 2.05) is 25.1 Å². The molecule has 0 unspecified atom stereocenters. The van der Waals surface area contributed by atoms with E-state index < -0.39 is 0 Å². The molecular weight excluding hydrogens is 264 g/mol. The summed E-state index contributed by atoms with van der Waals surface area (Å²) in [6, 6.07) is 10.3. The largest absolute Gasteiger partial charge is 0.293 e. The second-order valence-corrected chi connectivity index (χ2v) is 4.60. The van der Waals surface area contributed by atoms with E-state index in [1.54, 1.807) is 0 Å². The van der Waals surface area contributed by atoms with Gasteiger partial charge in [0.1, 0.15) is 0 Å². The molecule has 2 rings (SSSR count). The molecule has 0 saturated carbocycles. The summed E-state index contributed by atoms with van der Waals surface area (Å²) < 4.78 is 0. The number of benzene rings is 2. The normalized spacial score (nSPS) is 10.7. The molecular formula is C14H13BrO. The Kier molecular flexibility index (Phi) is 3.10. The topological polar surface area (TPSA) is 17.1 Å². The predicted octanol–water partition coefficient (Wildman–Crippen LogP) is 4.03. The molecule has 0 aliphatic heterocycles. The number of rotatable bonds is 2. The molecule has 2 aromatic carbocycles. The standard InChI is InChI=1S/C14H13BrO/c1-9-3-6-12-11(7-9)5-4-10(2)14(12)13(16)8-15/h3-7H,8H2,1-2H3. The molecule has 82 valence electrons. The fourth-order valence-corrected chi connectivity index (χ4v) is 2.28. The number of carbonyl (C=O) groups is 1. The van der Waals surface area contributed by atoms with Crippen molar-refractivity contribution in [2.24, 2.45) is 0 Å². The number of alkyl halides is 1. The summed E-state index contributed by atoms with van der Waals surface area (Å²) in [6.07, 6.45) is 0. The minimum absolute atomic E-state index is 0.145. The number of Topliss-reactive ketones (excluding diaryl/α,β-unsaturated/α-hetero) is 1. The van der Waals surface area contributed by atoms with Gasteiger partial charge in [0.05, 0.1) is 5.33 Å². The van der Waals surface area contributed by atoms with E-state index in [0.29, 0.717) is 5.33 Å². The highest BCUT2D eigenvalue weighted by atomic mass is 79.9. The molecule has 0 aromatic heterocycles. The van der Waals surface area contributed by atoms with Gasteiger partial charge in [-0.05, 0) is 30.2 Å². The molecule has 0 heterocycles.